The second-order valence-corrected chi connectivity index (χ2v) is 7.73. The number of pyridine rings is 1. The summed E-state index contributed by atoms with van der Waals surface area (Å²) < 4.78 is 1.98. The fraction of sp³-hybridized carbons (Fsp3) is 0.200. The van der Waals surface area contributed by atoms with E-state index in [9.17, 15) is 9.59 Å². The van der Waals surface area contributed by atoms with Crippen molar-refractivity contribution >= 4 is 33.4 Å². The molecule has 144 valence electrons. The third-order valence-electron chi connectivity index (χ3n) is 5.83. The number of anilines is 1. The zero-order valence-electron chi connectivity index (χ0n) is 16.4. The van der Waals surface area contributed by atoms with Crippen LogP contribution in [0, 0.1) is 6.92 Å². The number of hydrogen-bond acceptors (Lipinski definition) is 2. The molecule has 1 aliphatic heterocycles. The van der Waals surface area contributed by atoms with E-state index in [2.05, 4.69) is 25.1 Å². The van der Waals surface area contributed by atoms with Crippen LogP contribution in [-0.2, 0) is 17.8 Å². The van der Waals surface area contributed by atoms with Gasteiger partial charge in [0, 0.05) is 23.0 Å². The average molecular weight is 382 g/mol. The number of fused-ring (bicyclic) bond motifs is 3. The lowest BCUT2D eigenvalue weighted by Crippen LogP contribution is -2.38. The number of carbonyl (C=O) groups is 1. The summed E-state index contributed by atoms with van der Waals surface area (Å²) in [7, 11) is 0. The molecule has 0 radical (unpaired) electrons. The Balaban J connectivity index is 1.64. The predicted octanol–water partition coefficient (Wildman–Crippen LogP) is 4.44. The maximum atomic E-state index is 13.4. The first-order chi connectivity index (χ1) is 14.1. The van der Waals surface area contributed by atoms with E-state index in [0.29, 0.717) is 10.8 Å². The summed E-state index contributed by atoms with van der Waals surface area (Å²) in [5, 5.41) is 1.29. The second kappa shape index (κ2) is 6.89. The van der Waals surface area contributed by atoms with E-state index in [1.54, 1.807) is 0 Å². The van der Waals surface area contributed by atoms with Gasteiger partial charge in [0.15, 0.2) is 5.43 Å². The summed E-state index contributed by atoms with van der Waals surface area (Å²) in [6.07, 6.45) is 1.97. The highest BCUT2D eigenvalue weighted by atomic mass is 16.2. The van der Waals surface area contributed by atoms with E-state index in [4.69, 9.17) is 0 Å². The molecule has 2 heterocycles. The van der Waals surface area contributed by atoms with Gasteiger partial charge in [0.05, 0.1) is 11.0 Å². The Morgan fingerprint density at radius 1 is 0.931 bits per heavy atom. The van der Waals surface area contributed by atoms with Crippen molar-refractivity contribution in [2.45, 2.75) is 26.3 Å². The molecule has 4 aromatic rings. The number of aryl methyl sites for hydroxylation is 2. The van der Waals surface area contributed by atoms with E-state index < -0.39 is 0 Å². The van der Waals surface area contributed by atoms with Crippen LogP contribution in [0.15, 0.2) is 71.5 Å². The molecule has 0 unspecified atom stereocenters. The molecule has 0 fully saturated rings. The largest absolute Gasteiger partial charge is 0.331 e. The number of aromatic nitrogens is 1. The average Bonchev–Trinajstić information content (AvgIpc) is 2.76. The van der Waals surface area contributed by atoms with Gasteiger partial charge in [-0.3, -0.25) is 9.59 Å². The van der Waals surface area contributed by atoms with Gasteiger partial charge >= 0.3 is 0 Å². The van der Waals surface area contributed by atoms with Gasteiger partial charge in [-0.15, -0.1) is 0 Å². The molecule has 0 bridgehead atoms. The third kappa shape index (κ3) is 2.92. The van der Waals surface area contributed by atoms with E-state index in [0.717, 1.165) is 36.1 Å². The normalized spacial score (nSPS) is 13.6. The number of rotatable bonds is 2. The molecule has 0 saturated carbocycles. The zero-order valence-corrected chi connectivity index (χ0v) is 16.4. The van der Waals surface area contributed by atoms with E-state index in [-0.39, 0.29) is 17.9 Å². The molecule has 4 heteroatoms. The van der Waals surface area contributed by atoms with Crippen LogP contribution in [0.2, 0.25) is 0 Å². The maximum absolute atomic E-state index is 13.4. The smallest absolute Gasteiger partial charge is 0.246 e. The molecule has 5 rings (SSSR count). The molecule has 4 nitrogen and oxygen atoms in total. The molecule has 1 aliphatic rings. The summed E-state index contributed by atoms with van der Waals surface area (Å²) in [4.78, 5) is 28.2. The summed E-state index contributed by atoms with van der Waals surface area (Å²) in [6.45, 7) is 3.01. The molecule has 1 amide bonds. The Hall–Kier alpha value is -3.40. The van der Waals surface area contributed by atoms with Crippen LogP contribution < -0.4 is 10.3 Å². The lowest BCUT2D eigenvalue weighted by atomic mass is 9.99. The van der Waals surface area contributed by atoms with Crippen LogP contribution in [0.25, 0.3) is 21.8 Å². The summed E-state index contributed by atoms with van der Waals surface area (Å²) in [6, 6.07) is 21.4. The minimum atomic E-state index is 0.0127. The van der Waals surface area contributed by atoms with Crippen LogP contribution >= 0.6 is 0 Å². The van der Waals surface area contributed by atoms with Gasteiger partial charge in [-0.1, -0.05) is 42.0 Å². The lowest BCUT2D eigenvalue weighted by molar-refractivity contribution is -0.119. The van der Waals surface area contributed by atoms with E-state index in [1.165, 1.54) is 11.1 Å². The molecule has 1 aromatic heterocycles. The number of amides is 1. The van der Waals surface area contributed by atoms with Gasteiger partial charge in [-0.2, -0.15) is 0 Å². The highest BCUT2D eigenvalue weighted by Gasteiger charge is 2.23. The Morgan fingerprint density at radius 2 is 1.59 bits per heavy atom. The molecule has 0 saturated heterocycles. The second-order valence-electron chi connectivity index (χ2n) is 7.73. The Bertz CT molecular complexity index is 1260. The van der Waals surface area contributed by atoms with Crippen molar-refractivity contribution in [3.05, 3.63) is 88.1 Å². The van der Waals surface area contributed by atoms with Gasteiger partial charge in [-0.05, 0) is 55.7 Å². The van der Waals surface area contributed by atoms with Crippen LogP contribution in [0.3, 0.4) is 0 Å². The summed E-state index contributed by atoms with van der Waals surface area (Å²) in [5.74, 6) is 0.0498. The van der Waals surface area contributed by atoms with Gasteiger partial charge in [0.1, 0.15) is 6.54 Å². The van der Waals surface area contributed by atoms with Crippen molar-refractivity contribution in [1.29, 1.82) is 0 Å². The highest BCUT2D eigenvalue weighted by Crippen LogP contribution is 2.29. The zero-order chi connectivity index (χ0) is 20.0. The van der Waals surface area contributed by atoms with E-state index >= 15 is 0 Å². The Morgan fingerprint density at radius 3 is 2.28 bits per heavy atom. The maximum Gasteiger partial charge on any atom is 0.246 e. The first-order valence-corrected chi connectivity index (χ1v) is 10.0. The lowest BCUT2D eigenvalue weighted by Gasteiger charge is -2.30. The van der Waals surface area contributed by atoms with Crippen molar-refractivity contribution in [3.8, 4) is 0 Å². The van der Waals surface area contributed by atoms with Crippen LogP contribution in [0.5, 0.6) is 0 Å². The fourth-order valence-corrected chi connectivity index (χ4v) is 4.45. The molecular formula is C25H22N2O2. The molecule has 0 spiro atoms. The summed E-state index contributed by atoms with van der Waals surface area (Å²) in [5.41, 5.74) is 5.08. The highest BCUT2D eigenvalue weighted by molar-refractivity contribution is 5.98. The third-order valence-corrected chi connectivity index (χ3v) is 5.83. The van der Waals surface area contributed by atoms with Crippen molar-refractivity contribution in [1.82, 2.24) is 4.57 Å². The Labute approximate surface area is 169 Å². The fourth-order valence-electron chi connectivity index (χ4n) is 4.45. The number of hydrogen-bond donors (Lipinski definition) is 0. The number of benzene rings is 3. The van der Waals surface area contributed by atoms with Crippen molar-refractivity contribution in [2.75, 3.05) is 11.4 Å². The first kappa shape index (κ1) is 17.7. The summed E-state index contributed by atoms with van der Waals surface area (Å²) >= 11 is 0. The number of nitrogens with zero attached hydrogens (tertiary/aromatic N) is 2. The van der Waals surface area contributed by atoms with Crippen molar-refractivity contribution in [2.24, 2.45) is 0 Å². The monoisotopic (exact) mass is 382 g/mol. The molecule has 0 aliphatic carbocycles. The van der Waals surface area contributed by atoms with Crippen LogP contribution in [-0.4, -0.2) is 17.0 Å². The molecule has 0 atom stereocenters. The standard InChI is InChI=1S/C25H22N2O2/c1-17-12-13-21-18(15-17)7-6-14-26(21)24(28)16-27-22-10-4-2-8-19(22)25(29)20-9-3-5-11-23(20)27/h2-5,8-13,15H,6-7,14,16H2,1H3. The topological polar surface area (TPSA) is 42.3 Å². The van der Waals surface area contributed by atoms with Crippen molar-refractivity contribution in [3.63, 3.8) is 0 Å². The van der Waals surface area contributed by atoms with Crippen molar-refractivity contribution < 1.29 is 4.79 Å². The number of para-hydroxylation sites is 2. The van der Waals surface area contributed by atoms with Gasteiger partial charge < -0.3 is 9.47 Å². The van der Waals surface area contributed by atoms with Gasteiger partial charge in [0.2, 0.25) is 5.91 Å². The van der Waals surface area contributed by atoms with E-state index in [1.807, 2.05) is 58.0 Å². The van der Waals surface area contributed by atoms with Gasteiger partial charge in [0.25, 0.3) is 0 Å². The minimum absolute atomic E-state index is 0.0127. The first-order valence-electron chi connectivity index (χ1n) is 10.0. The van der Waals surface area contributed by atoms with Crippen LogP contribution in [0.4, 0.5) is 5.69 Å². The minimum Gasteiger partial charge on any atom is -0.331 e. The SMILES string of the molecule is Cc1ccc2c(c1)CCCN2C(=O)Cn1c2ccccc2c(=O)c2ccccc21. The number of carbonyl (C=O) groups excluding carboxylic acids is 1. The molecule has 29 heavy (non-hydrogen) atoms. The molecule has 3 aromatic carbocycles. The predicted molar refractivity (Wildman–Crippen MR) is 118 cm³/mol. The molecule has 0 N–H and O–H groups in total. The quantitative estimate of drug-likeness (QED) is 0.481. The Kier molecular flexibility index (Phi) is 4.20. The molecular weight excluding hydrogens is 360 g/mol. The van der Waals surface area contributed by atoms with Gasteiger partial charge in [-0.25, -0.2) is 0 Å². The van der Waals surface area contributed by atoms with Crippen LogP contribution in [0.1, 0.15) is 17.5 Å².